The molecule has 1 aromatic rings. The van der Waals surface area contributed by atoms with Crippen molar-refractivity contribution in [1.29, 1.82) is 0 Å². The van der Waals surface area contributed by atoms with Crippen LogP contribution >= 0.6 is 11.6 Å². The van der Waals surface area contributed by atoms with Crippen LogP contribution in [0.25, 0.3) is 0 Å². The van der Waals surface area contributed by atoms with E-state index in [-0.39, 0.29) is 11.9 Å². The van der Waals surface area contributed by atoms with Crippen molar-refractivity contribution < 1.29 is 4.39 Å². The lowest BCUT2D eigenvalue weighted by atomic mass is 9.79. The van der Waals surface area contributed by atoms with Gasteiger partial charge < -0.3 is 5.32 Å². The highest BCUT2D eigenvalue weighted by Crippen LogP contribution is 2.31. The van der Waals surface area contributed by atoms with Gasteiger partial charge in [0.25, 0.3) is 0 Å². The Morgan fingerprint density at radius 3 is 2.68 bits per heavy atom. The smallest absolute Gasteiger partial charge is 0.124 e. The van der Waals surface area contributed by atoms with Crippen molar-refractivity contribution in [1.82, 2.24) is 5.32 Å². The number of nitrogens with one attached hydrogen (secondary N) is 1. The second kappa shape index (κ2) is 6.23. The molecule has 1 saturated carbocycles. The van der Waals surface area contributed by atoms with Crippen LogP contribution in [0.1, 0.15) is 51.6 Å². The van der Waals surface area contributed by atoms with E-state index >= 15 is 0 Å². The first-order chi connectivity index (χ1) is 8.97. The number of halogens is 2. The summed E-state index contributed by atoms with van der Waals surface area (Å²) in [6.07, 6.45) is 3.78. The van der Waals surface area contributed by atoms with Gasteiger partial charge in [-0.1, -0.05) is 31.5 Å². The summed E-state index contributed by atoms with van der Waals surface area (Å²) in [7, 11) is 0. The van der Waals surface area contributed by atoms with Gasteiger partial charge in [-0.15, -0.1) is 0 Å². The molecule has 0 saturated heterocycles. The fourth-order valence-corrected chi connectivity index (χ4v) is 3.51. The molecule has 0 aliphatic heterocycles. The molecular formula is C16H23ClFN. The van der Waals surface area contributed by atoms with Gasteiger partial charge in [-0.2, -0.15) is 0 Å². The largest absolute Gasteiger partial charge is 0.307 e. The standard InChI is InChI=1S/C16H23ClFN/c1-10-4-7-16(11(2)8-10)19-12(3)14-6-5-13(18)9-15(14)17/h5-6,9-12,16,19H,4,7-8H2,1-3H3. The molecule has 0 spiro atoms. The second-order valence-electron chi connectivity index (χ2n) is 6.06. The van der Waals surface area contributed by atoms with Crippen LogP contribution < -0.4 is 5.32 Å². The monoisotopic (exact) mass is 283 g/mol. The lowest BCUT2D eigenvalue weighted by Gasteiger charge is -2.35. The molecule has 0 radical (unpaired) electrons. The zero-order chi connectivity index (χ0) is 14.0. The van der Waals surface area contributed by atoms with E-state index in [1.807, 2.05) is 0 Å². The van der Waals surface area contributed by atoms with E-state index in [0.29, 0.717) is 17.0 Å². The van der Waals surface area contributed by atoms with Crippen LogP contribution in [0.5, 0.6) is 0 Å². The first-order valence-electron chi connectivity index (χ1n) is 7.18. The second-order valence-corrected chi connectivity index (χ2v) is 6.46. The highest BCUT2D eigenvalue weighted by Gasteiger charge is 2.26. The molecule has 1 nitrogen and oxygen atoms in total. The van der Waals surface area contributed by atoms with Gasteiger partial charge in [0.05, 0.1) is 0 Å². The van der Waals surface area contributed by atoms with Crippen molar-refractivity contribution in [2.75, 3.05) is 0 Å². The fraction of sp³-hybridized carbons (Fsp3) is 0.625. The quantitative estimate of drug-likeness (QED) is 0.827. The van der Waals surface area contributed by atoms with E-state index in [1.165, 1.54) is 31.4 Å². The van der Waals surface area contributed by atoms with Crippen molar-refractivity contribution in [3.63, 3.8) is 0 Å². The number of hydrogen-bond acceptors (Lipinski definition) is 1. The molecule has 19 heavy (non-hydrogen) atoms. The zero-order valence-corrected chi connectivity index (χ0v) is 12.7. The van der Waals surface area contributed by atoms with E-state index in [4.69, 9.17) is 11.6 Å². The molecule has 1 aliphatic rings. The van der Waals surface area contributed by atoms with E-state index in [0.717, 1.165) is 11.5 Å². The molecule has 1 aliphatic carbocycles. The summed E-state index contributed by atoms with van der Waals surface area (Å²) in [6.45, 7) is 6.74. The fourth-order valence-electron chi connectivity index (χ4n) is 3.18. The van der Waals surface area contributed by atoms with Crippen LogP contribution in [0.3, 0.4) is 0 Å². The first kappa shape index (κ1) is 14.8. The third-order valence-electron chi connectivity index (χ3n) is 4.32. The SMILES string of the molecule is CC1CCC(NC(C)c2ccc(F)cc2Cl)C(C)C1. The summed E-state index contributed by atoms with van der Waals surface area (Å²) in [4.78, 5) is 0. The van der Waals surface area contributed by atoms with Gasteiger partial charge in [0, 0.05) is 17.1 Å². The summed E-state index contributed by atoms with van der Waals surface area (Å²) in [5, 5.41) is 4.17. The average molecular weight is 284 g/mol. The van der Waals surface area contributed by atoms with Gasteiger partial charge in [0.15, 0.2) is 0 Å². The van der Waals surface area contributed by atoms with E-state index in [2.05, 4.69) is 26.1 Å². The Hall–Kier alpha value is -0.600. The number of benzene rings is 1. The number of rotatable bonds is 3. The molecule has 2 rings (SSSR count). The van der Waals surface area contributed by atoms with Gasteiger partial charge in [-0.05, 0) is 55.7 Å². The Labute approximate surface area is 120 Å². The third kappa shape index (κ3) is 3.70. The molecule has 0 bridgehead atoms. The van der Waals surface area contributed by atoms with Gasteiger partial charge in [-0.3, -0.25) is 0 Å². The summed E-state index contributed by atoms with van der Waals surface area (Å²) < 4.78 is 13.1. The molecule has 4 atom stereocenters. The molecule has 0 aromatic heterocycles. The minimum Gasteiger partial charge on any atom is -0.307 e. The molecule has 3 heteroatoms. The van der Waals surface area contributed by atoms with E-state index < -0.39 is 0 Å². The van der Waals surface area contributed by atoms with Crippen LogP contribution in [-0.4, -0.2) is 6.04 Å². The molecule has 1 aromatic carbocycles. The third-order valence-corrected chi connectivity index (χ3v) is 4.65. The van der Waals surface area contributed by atoms with Gasteiger partial charge in [0.1, 0.15) is 5.82 Å². The zero-order valence-electron chi connectivity index (χ0n) is 11.9. The number of hydrogen-bond donors (Lipinski definition) is 1. The Kier molecular flexibility index (Phi) is 4.86. The van der Waals surface area contributed by atoms with E-state index in [9.17, 15) is 4.39 Å². The molecule has 0 amide bonds. The Bertz CT molecular complexity index is 435. The Balaban J connectivity index is 2.02. The molecular weight excluding hydrogens is 261 g/mol. The lowest BCUT2D eigenvalue weighted by molar-refractivity contribution is 0.216. The minimum absolute atomic E-state index is 0.161. The maximum Gasteiger partial charge on any atom is 0.124 e. The van der Waals surface area contributed by atoms with Crippen LogP contribution in [0.4, 0.5) is 4.39 Å². The summed E-state index contributed by atoms with van der Waals surface area (Å²) in [5.74, 6) is 1.24. The Morgan fingerprint density at radius 1 is 1.32 bits per heavy atom. The maximum absolute atomic E-state index is 13.1. The van der Waals surface area contributed by atoms with Crippen molar-refractivity contribution >= 4 is 11.6 Å². The maximum atomic E-state index is 13.1. The lowest BCUT2D eigenvalue weighted by Crippen LogP contribution is -2.40. The van der Waals surface area contributed by atoms with Crippen molar-refractivity contribution in [3.8, 4) is 0 Å². The van der Waals surface area contributed by atoms with Gasteiger partial charge in [-0.25, -0.2) is 4.39 Å². The summed E-state index contributed by atoms with van der Waals surface area (Å²) in [6, 6.07) is 5.35. The van der Waals surface area contributed by atoms with Crippen LogP contribution in [-0.2, 0) is 0 Å². The molecule has 4 unspecified atom stereocenters. The molecule has 1 fully saturated rings. The molecule has 106 valence electrons. The van der Waals surface area contributed by atoms with Crippen LogP contribution in [0.2, 0.25) is 5.02 Å². The predicted octanol–water partition coefficient (Wildman–Crippen LogP) is 4.95. The minimum atomic E-state index is -0.277. The van der Waals surface area contributed by atoms with Crippen molar-refractivity contribution in [2.45, 2.75) is 52.1 Å². The molecule has 0 heterocycles. The highest BCUT2D eigenvalue weighted by molar-refractivity contribution is 6.31. The van der Waals surface area contributed by atoms with Crippen LogP contribution in [0.15, 0.2) is 18.2 Å². The van der Waals surface area contributed by atoms with Gasteiger partial charge >= 0.3 is 0 Å². The Morgan fingerprint density at radius 2 is 2.05 bits per heavy atom. The van der Waals surface area contributed by atoms with E-state index in [1.54, 1.807) is 6.07 Å². The average Bonchev–Trinajstić information content (AvgIpc) is 2.32. The van der Waals surface area contributed by atoms with Crippen LogP contribution in [0, 0.1) is 17.7 Å². The van der Waals surface area contributed by atoms with Crippen molar-refractivity contribution in [2.24, 2.45) is 11.8 Å². The van der Waals surface area contributed by atoms with Crippen molar-refractivity contribution in [3.05, 3.63) is 34.6 Å². The first-order valence-corrected chi connectivity index (χ1v) is 7.56. The summed E-state index contributed by atoms with van der Waals surface area (Å²) >= 11 is 6.12. The van der Waals surface area contributed by atoms with Gasteiger partial charge in [0.2, 0.25) is 0 Å². The topological polar surface area (TPSA) is 12.0 Å². The highest BCUT2D eigenvalue weighted by atomic mass is 35.5. The molecule has 1 N–H and O–H groups in total. The normalized spacial score (nSPS) is 29.2. The predicted molar refractivity (Wildman–Crippen MR) is 78.9 cm³/mol. The summed E-state index contributed by atoms with van der Waals surface area (Å²) in [5.41, 5.74) is 0.980.